The average Bonchev–Trinajstić information content (AvgIpc) is 2.92. The van der Waals surface area contributed by atoms with Crippen molar-refractivity contribution in [1.29, 1.82) is 0 Å². The van der Waals surface area contributed by atoms with Gasteiger partial charge in [-0.25, -0.2) is 14.8 Å². The van der Waals surface area contributed by atoms with E-state index in [1.807, 2.05) is 0 Å². The summed E-state index contributed by atoms with van der Waals surface area (Å²) in [5.74, 6) is -0.228. The van der Waals surface area contributed by atoms with Crippen LogP contribution in [0.25, 0.3) is 0 Å². The molecular weight excluding hydrogens is 675 g/mol. The topological polar surface area (TPSA) is 81.3 Å². The number of hydrogen-bond donors (Lipinski definition) is 1. The molecule has 16 heteroatoms. The molecule has 2 heterocycles. The highest BCUT2D eigenvalue weighted by molar-refractivity contribution is 9.10. The van der Waals surface area contributed by atoms with Gasteiger partial charge in [-0.3, -0.25) is 4.90 Å². The van der Waals surface area contributed by atoms with Crippen molar-refractivity contribution in [3.05, 3.63) is 86.9 Å². The van der Waals surface area contributed by atoms with E-state index in [1.54, 1.807) is 0 Å². The van der Waals surface area contributed by atoms with E-state index < -0.39 is 70.8 Å². The molecule has 0 saturated carbocycles. The minimum absolute atomic E-state index is 0.0431. The van der Waals surface area contributed by atoms with Crippen LogP contribution in [-0.2, 0) is 41.5 Å². The number of amides is 1. The van der Waals surface area contributed by atoms with Crippen LogP contribution >= 0.6 is 15.9 Å². The Hall–Kier alpha value is -3.40. The summed E-state index contributed by atoms with van der Waals surface area (Å²) in [5.41, 5.74) is -2.06. The average molecular weight is 699 g/mol. The minimum Gasteiger partial charge on any atom is -0.449 e. The van der Waals surface area contributed by atoms with Crippen molar-refractivity contribution in [2.45, 2.75) is 62.7 Å². The molecule has 44 heavy (non-hydrogen) atoms. The Morgan fingerprint density at radius 2 is 1.45 bits per heavy atom. The Kier molecular flexibility index (Phi) is 8.76. The Labute approximate surface area is 253 Å². The fraction of sp³-hybridized carbons (Fsp3) is 0.393. The number of alkyl halides is 9. The molecule has 3 aromatic rings. The van der Waals surface area contributed by atoms with E-state index in [0.717, 1.165) is 23.1 Å². The molecule has 2 aromatic carbocycles. The van der Waals surface area contributed by atoms with Crippen LogP contribution in [0, 0.1) is 0 Å². The van der Waals surface area contributed by atoms with Crippen LogP contribution in [0.15, 0.2) is 53.3 Å². The third kappa shape index (κ3) is 6.10. The van der Waals surface area contributed by atoms with Gasteiger partial charge in [0.15, 0.2) is 0 Å². The van der Waals surface area contributed by atoms with Crippen molar-refractivity contribution in [1.82, 2.24) is 9.97 Å². The third-order valence-electron chi connectivity index (χ3n) is 7.56. The molecule has 1 amide bonds. The van der Waals surface area contributed by atoms with Crippen LogP contribution in [0.2, 0.25) is 0 Å². The van der Waals surface area contributed by atoms with Gasteiger partial charge in [-0.1, -0.05) is 6.92 Å². The van der Waals surface area contributed by atoms with Gasteiger partial charge in [0.05, 0.1) is 38.9 Å². The lowest BCUT2D eigenvalue weighted by Gasteiger charge is -2.56. The number of anilines is 1. The van der Waals surface area contributed by atoms with Gasteiger partial charge in [0, 0.05) is 12.4 Å². The number of halogens is 10. The van der Waals surface area contributed by atoms with Crippen molar-refractivity contribution in [3.8, 4) is 0 Å². The number of hydrogen-bond acceptors (Lipinski definition) is 5. The maximum atomic E-state index is 13.8. The number of benzene rings is 2. The first-order chi connectivity index (χ1) is 20.3. The highest BCUT2D eigenvalue weighted by Gasteiger charge is 2.60. The molecule has 1 aromatic heterocycles. The van der Waals surface area contributed by atoms with Crippen molar-refractivity contribution in [3.63, 3.8) is 0 Å². The summed E-state index contributed by atoms with van der Waals surface area (Å²) >= 11 is 3.16. The molecule has 2 unspecified atom stereocenters. The van der Waals surface area contributed by atoms with Crippen molar-refractivity contribution < 1.29 is 49.0 Å². The molecule has 0 saturated heterocycles. The van der Waals surface area contributed by atoms with Gasteiger partial charge >= 0.3 is 24.6 Å². The van der Waals surface area contributed by atoms with E-state index in [-0.39, 0.29) is 36.2 Å². The van der Waals surface area contributed by atoms with Gasteiger partial charge < -0.3 is 10.5 Å². The molecule has 6 nitrogen and oxygen atoms in total. The predicted molar refractivity (Wildman–Crippen MR) is 143 cm³/mol. The number of nitrogens with two attached hydrogens (primary N) is 1. The molecule has 4 rings (SSSR count). The molecule has 238 valence electrons. The summed E-state index contributed by atoms with van der Waals surface area (Å²) in [6, 6.07) is 3.46. The second kappa shape index (κ2) is 11.5. The van der Waals surface area contributed by atoms with Gasteiger partial charge in [-0.2, -0.15) is 39.5 Å². The number of fused-ring (bicyclic) bond motifs is 1. The van der Waals surface area contributed by atoms with Gasteiger partial charge in [0.1, 0.15) is 11.5 Å². The zero-order valence-corrected chi connectivity index (χ0v) is 24.5. The molecular formula is C28H24BrF9N4O2. The number of carbonyl (C=O) groups is 1. The van der Waals surface area contributed by atoms with E-state index in [0.29, 0.717) is 16.6 Å². The maximum Gasteiger partial charge on any atom is 0.416 e. The van der Waals surface area contributed by atoms with E-state index in [4.69, 9.17) is 10.5 Å². The SMILES string of the molecule is CCOC(=O)N1c2ccc(C(F)(F)F)cc2CC(Cc2cc(C(F)(F)F)cc(C(F)(F)F)c2)(c2ncc(Br)cn2)C1(N)CC. The van der Waals surface area contributed by atoms with Crippen molar-refractivity contribution in [2.24, 2.45) is 5.73 Å². The predicted octanol–water partition coefficient (Wildman–Crippen LogP) is 8.06. The first-order valence-electron chi connectivity index (χ1n) is 13.0. The van der Waals surface area contributed by atoms with Gasteiger partial charge in [0.2, 0.25) is 0 Å². The lowest BCUT2D eigenvalue weighted by molar-refractivity contribution is -0.143. The lowest BCUT2D eigenvalue weighted by Crippen LogP contribution is -2.73. The highest BCUT2D eigenvalue weighted by atomic mass is 79.9. The molecule has 2 atom stereocenters. The zero-order chi connectivity index (χ0) is 32.9. The normalized spacial score (nSPS) is 20.8. The monoisotopic (exact) mass is 698 g/mol. The summed E-state index contributed by atoms with van der Waals surface area (Å²) < 4.78 is 130. The molecule has 0 radical (unpaired) electrons. The Morgan fingerprint density at radius 1 is 0.909 bits per heavy atom. The Bertz CT molecular complexity index is 1510. The van der Waals surface area contributed by atoms with Crippen LogP contribution in [-0.4, -0.2) is 28.3 Å². The number of rotatable bonds is 5. The Morgan fingerprint density at radius 3 is 1.93 bits per heavy atom. The molecule has 1 aliphatic rings. The van der Waals surface area contributed by atoms with Crippen LogP contribution in [0.5, 0.6) is 0 Å². The summed E-state index contributed by atoms with van der Waals surface area (Å²) in [6.07, 6.45) is -15.2. The second-order valence-corrected chi connectivity index (χ2v) is 11.1. The summed E-state index contributed by atoms with van der Waals surface area (Å²) in [6.45, 7) is 2.78. The summed E-state index contributed by atoms with van der Waals surface area (Å²) in [5, 5.41) is 0. The Balaban J connectivity index is 2.10. The van der Waals surface area contributed by atoms with Crippen molar-refractivity contribution in [2.75, 3.05) is 11.5 Å². The smallest absolute Gasteiger partial charge is 0.416 e. The van der Waals surface area contributed by atoms with Crippen LogP contribution in [0.4, 0.5) is 50.0 Å². The van der Waals surface area contributed by atoms with Crippen LogP contribution in [0.1, 0.15) is 53.9 Å². The number of carbonyl (C=O) groups excluding carboxylic acids is 1. The molecule has 0 fully saturated rings. The van der Waals surface area contributed by atoms with E-state index in [9.17, 15) is 44.3 Å². The molecule has 1 aliphatic heterocycles. The fourth-order valence-electron chi connectivity index (χ4n) is 5.57. The van der Waals surface area contributed by atoms with E-state index >= 15 is 0 Å². The highest BCUT2D eigenvalue weighted by Crippen LogP contribution is 2.51. The summed E-state index contributed by atoms with van der Waals surface area (Å²) in [7, 11) is 0. The second-order valence-electron chi connectivity index (χ2n) is 10.2. The first-order valence-corrected chi connectivity index (χ1v) is 13.8. The van der Waals surface area contributed by atoms with E-state index in [2.05, 4.69) is 25.9 Å². The van der Waals surface area contributed by atoms with E-state index in [1.165, 1.54) is 26.2 Å². The lowest BCUT2D eigenvalue weighted by atomic mass is 9.62. The van der Waals surface area contributed by atoms with Crippen molar-refractivity contribution >= 4 is 27.7 Å². The van der Waals surface area contributed by atoms with Crippen LogP contribution < -0.4 is 10.6 Å². The van der Waals surface area contributed by atoms with Gasteiger partial charge in [-0.05, 0) is 89.6 Å². The molecule has 0 bridgehead atoms. The maximum absolute atomic E-state index is 13.8. The summed E-state index contributed by atoms with van der Waals surface area (Å²) in [4.78, 5) is 22.9. The van der Waals surface area contributed by atoms with Crippen LogP contribution in [0.3, 0.4) is 0 Å². The molecule has 0 spiro atoms. The quantitative estimate of drug-likeness (QED) is 0.273. The number of ether oxygens (including phenoxy) is 1. The zero-order valence-electron chi connectivity index (χ0n) is 23.0. The minimum atomic E-state index is -5.18. The number of nitrogens with zero attached hydrogens (tertiary/aromatic N) is 3. The largest absolute Gasteiger partial charge is 0.449 e. The first kappa shape index (κ1) is 33.5. The number of aromatic nitrogens is 2. The molecule has 2 N–H and O–H groups in total. The molecule has 0 aliphatic carbocycles. The third-order valence-corrected chi connectivity index (χ3v) is 7.97. The fourth-order valence-corrected chi connectivity index (χ4v) is 5.78. The standard InChI is InChI=1S/C28H24BrF9N4O2/c1-3-25(39)24(22-40-13-20(29)14-41-22,11-15-7-18(27(33,34)35)10-19(8-15)28(36,37)38)12-16-9-17(26(30,31)32)5-6-21(16)42(25)23(43)44-4-2/h5-10,13-14H,3-4,11-12,39H2,1-2H3. The van der Waals surface area contributed by atoms with Gasteiger partial charge in [-0.15, -0.1) is 0 Å². The van der Waals surface area contributed by atoms with Gasteiger partial charge in [0.25, 0.3) is 0 Å².